The molecule has 2 radical (unpaired) electrons. The molecule has 2 rings (SSSR count). The predicted octanol–water partition coefficient (Wildman–Crippen LogP) is -0.188. The van der Waals surface area contributed by atoms with E-state index in [9.17, 15) is 36.3 Å². The van der Waals surface area contributed by atoms with E-state index in [0.29, 0.717) is 6.20 Å². The molecule has 164 valence electrons. The van der Waals surface area contributed by atoms with Crippen LogP contribution in [0.2, 0.25) is 0 Å². The topological polar surface area (TPSA) is 138 Å². The second-order valence-corrected chi connectivity index (χ2v) is 8.58. The number of alkyl halides is 3. The van der Waals surface area contributed by atoms with Gasteiger partial charge in [-0.3, -0.25) is 14.9 Å². The van der Waals surface area contributed by atoms with Crippen LogP contribution < -0.4 is 16.1 Å². The Labute approximate surface area is 176 Å². The number of rotatable bonds is 6. The van der Waals surface area contributed by atoms with Crippen LogP contribution in [0.3, 0.4) is 0 Å². The third-order valence-corrected chi connectivity index (χ3v) is 5.91. The normalized spacial score (nSPS) is 13.9. The van der Waals surface area contributed by atoms with Crippen molar-refractivity contribution < 1.29 is 36.3 Å². The van der Waals surface area contributed by atoms with Crippen molar-refractivity contribution in [2.24, 2.45) is 0 Å². The molecule has 0 fully saturated rings. The van der Waals surface area contributed by atoms with Gasteiger partial charge in [0, 0.05) is 18.8 Å². The minimum atomic E-state index is -4.92. The van der Waals surface area contributed by atoms with Crippen molar-refractivity contribution >= 4 is 40.9 Å². The second-order valence-electron chi connectivity index (χ2n) is 6.59. The largest absolute Gasteiger partial charge is 0.432 e. The van der Waals surface area contributed by atoms with Gasteiger partial charge >= 0.3 is 6.18 Å². The molecule has 9 nitrogen and oxygen atoms in total. The van der Waals surface area contributed by atoms with Crippen LogP contribution in [0.1, 0.15) is 23.0 Å². The predicted molar refractivity (Wildman–Crippen MR) is 104 cm³/mol. The summed E-state index contributed by atoms with van der Waals surface area (Å²) in [6, 6.07) is 4.71. The minimum absolute atomic E-state index is 0.187. The van der Waals surface area contributed by atoms with E-state index in [-0.39, 0.29) is 10.5 Å². The molecular weight excluding hydrogens is 440 g/mol. The quantitative estimate of drug-likeness (QED) is 0.513. The highest BCUT2D eigenvalue weighted by Crippen LogP contribution is 2.26. The van der Waals surface area contributed by atoms with E-state index in [1.165, 1.54) is 19.2 Å². The molecule has 0 saturated carbocycles. The van der Waals surface area contributed by atoms with Crippen molar-refractivity contribution in [1.29, 1.82) is 0 Å². The lowest BCUT2D eigenvalue weighted by atomic mass is 9.96. The lowest BCUT2D eigenvalue weighted by Crippen LogP contribution is -2.46. The highest BCUT2D eigenvalue weighted by Gasteiger charge is 2.38. The van der Waals surface area contributed by atoms with Crippen molar-refractivity contribution in [1.82, 2.24) is 15.3 Å². The number of nitrogens with zero attached hydrogens (tertiary/aromatic N) is 2. The maximum Gasteiger partial charge on any atom is 0.432 e. The number of aromatic nitrogens is 2. The number of anilines is 1. The van der Waals surface area contributed by atoms with Gasteiger partial charge in [0.25, 0.3) is 11.8 Å². The molecule has 31 heavy (non-hydrogen) atoms. The van der Waals surface area contributed by atoms with Crippen molar-refractivity contribution in [2.75, 3.05) is 18.1 Å². The fraction of sp³-hybridized carbons (Fsp3) is 0.294. The van der Waals surface area contributed by atoms with E-state index in [0.717, 1.165) is 19.1 Å². The maximum absolute atomic E-state index is 12.9. The summed E-state index contributed by atoms with van der Waals surface area (Å²) in [5, 5.41) is 14.6. The van der Waals surface area contributed by atoms with Gasteiger partial charge in [0.05, 0.1) is 10.6 Å². The summed E-state index contributed by atoms with van der Waals surface area (Å²) >= 11 is 0. The Kier molecular flexibility index (Phi) is 6.76. The summed E-state index contributed by atoms with van der Waals surface area (Å²) in [5.41, 5.74) is -4.64. The molecule has 1 aromatic heterocycles. The molecule has 0 unspecified atom stereocenters. The molecule has 1 atom stereocenters. The fourth-order valence-corrected chi connectivity index (χ4v) is 3.98. The first-order chi connectivity index (χ1) is 14.2. The Morgan fingerprint density at radius 2 is 1.77 bits per heavy atom. The average molecular weight is 456 g/mol. The number of carbonyl (C=O) groups excluding carboxylic acids is 2. The van der Waals surface area contributed by atoms with Gasteiger partial charge in [-0.05, 0) is 36.7 Å². The van der Waals surface area contributed by atoms with E-state index < -0.39 is 56.3 Å². The van der Waals surface area contributed by atoms with Crippen LogP contribution in [0.15, 0.2) is 35.4 Å². The molecule has 1 aromatic carbocycles. The van der Waals surface area contributed by atoms with Crippen LogP contribution in [0.5, 0.6) is 0 Å². The molecule has 3 N–H and O–H groups in total. The summed E-state index contributed by atoms with van der Waals surface area (Å²) in [7, 11) is 2.33. The average Bonchev–Trinajstić information content (AvgIpc) is 2.67. The lowest BCUT2D eigenvalue weighted by Gasteiger charge is -2.22. The van der Waals surface area contributed by atoms with E-state index in [1.807, 2.05) is 5.32 Å². The highest BCUT2D eigenvalue weighted by molar-refractivity contribution is 7.91. The standard InChI is InChI=1S/C17H16BF3N4O5S/c1-16(28,8-31(29,30)10-5-3-9(4-6-10)13(26)22-2)14(27)25-15-23-7-11(18)12(24-15)17(19,20)21/h3-7,28H,8H2,1-2H3,(H,22,26)(H,23,24,25,27)/t16-/m0/s1. The number of benzene rings is 1. The van der Waals surface area contributed by atoms with Crippen LogP contribution in [0.25, 0.3) is 0 Å². The van der Waals surface area contributed by atoms with Gasteiger partial charge in [-0.25, -0.2) is 18.4 Å². The number of hydrogen-bond acceptors (Lipinski definition) is 7. The van der Waals surface area contributed by atoms with Crippen LogP contribution in [0.4, 0.5) is 19.1 Å². The SMILES string of the molecule is [B]c1cnc(NC(=O)[C@@](C)(O)CS(=O)(=O)c2ccc(C(=O)NC)cc2)nc1C(F)(F)F. The number of amides is 2. The Morgan fingerprint density at radius 1 is 1.19 bits per heavy atom. The molecule has 14 heteroatoms. The first kappa shape index (κ1) is 24.3. The monoisotopic (exact) mass is 456 g/mol. The molecular formula is C17H16BF3N4O5S. The van der Waals surface area contributed by atoms with Gasteiger partial charge < -0.3 is 10.4 Å². The number of carbonyl (C=O) groups is 2. The molecule has 0 aliphatic heterocycles. The zero-order chi connectivity index (χ0) is 23.6. The molecule has 1 heterocycles. The number of halogens is 3. The van der Waals surface area contributed by atoms with E-state index >= 15 is 0 Å². The van der Waals surface area contributed by atoms with Gasteiger partial charge in [-0.15, -0.1) is 0 Å². The number of aliphatic hydroxyl groups is 1. The summed E-state index contributed by atoms with van der Waals surface area (Å²) in [6.45, 7) is 0.862. The van der Waals surface area contributed by atoms with E-state index in [4.69, 9.17) is 7.85 Å². The van der Waals surface area contributed by atoms with Crippen LogP contribution in [-0.4, -0.2) is 61.6 Å². The van der Waals surface area contributed by atoms with Crippen molar-refractivity contribution in [2.45, 2.75) is 23.6 Å². The summed E-state index contributed by atoms with van der Waals surface area (Å²) in [5.74, 6) is -3.72. The van der Waals surface area contributed by atoms with E-state index in [2.05, 4.69) is 15.3 Å². The lowest BCUT2D eigenvalue weighted by molar-refractivity contribution is -0.140. The zero-order valence-corrected chi connectivity index (χ0v) is 17.0. The highest BCUT2D eigenvalue weighted by atomic mass is 32.2. The first-order valence-corrected chi connectivity index (χ1v) is 10.1. The van der Waals surface area contributed by atoms with Gasteiger partial charge in [0.1, 0.15) is 13.5 Å². The van der Waals surface area contributed by atoms with Gasteiger partial charge in [0.15, 0.2) is 15.4 Å². The molecule has 0 bridgehead atoms. The van der Waals surface area contributed by atoms with Crippen molar-refractivity contribution in [3.05, 3.63) is 41.7 Å². The number of nitrogens with one attached hydrogen (secondary N) is 2. The molecule has 2 amide bonds. The Hall–Kier alpha value is -3.00. The summed E-state index contributed by atoms with van der Waals surface area (Å²) in [4.78, 5) is 30.1. The molecule has 0 aliphatic carbocycles. The second kappa shape index (κ2) is 8.63. The van der Waals surface area contributed by atoms with Crippen LogP contribution in [0, 0.1) is 0 Å². The summed E-state index contributed by atoms with van der Waals surface area (Å²) in [6.07, 6.45) is -4.30. The molecule has 0 aliphatic rings. The third-order valence-electron chi connectivity index (χ3n) is 3.97. The zero-order valence-electron chi connectivity index (χ0n) is 16.2. The Balaban J connectivity index is 2.21. The van der Waals surface area contributed by atoms with Gasteiger partial charge in [-0.2, -0.15) is 13.2 Å². The number of hydrogen-bond donors (Lipinski definition) is 3. The van der Waals surface area contributed by atoms with Crippen molar-refractivity contribution in [3.8, 4) is 0 Å². The molecule has 0 saturated heterocycles. The minimum Gasteiger partial charge on any atom is -0.379 e. The van der Waals surface area contributed by atoms with Crippen LogP contribution in [-0.2, 0) is 20.8 Å². The molecule has 2 aromatic rings. The Morgan fingerprint density at radius 3 is 2.29 bits per heavy atom. The first-order valence-electron chi connectivity index (χ1n) is 8.46. The smallest absolute Gasteiger partial charge is 0.379 e. The Bertz CT molecular complexity index is 1110. The van der Waals surface area contributed by atoms with Gasteiger partial charge in [-0.1, -0.05) is 0 Å². The third kappa shape index (κ3) is 5.79. The number of sulfone groups is 1. The summed E-state index contributed by atoms with van der Waals surface area (Å²) < 4.78 is 63.7. The van der Waals surface area contributed by atoms with E-state index in [1.54, 1.807) is 0 Å². The van der Waals surface area contributed by atoms with Crippen LogP contribution >= 0.6 is 0 Å². The van der Waals surface area contributed by atoms with Crippen molar-refractivity contribution in [3.63, 3.8) is 0 Å². The fourth-order valence-electron chi connectivity index (χ4n) is 2.39. The van der Waals surface area contributed by atoms with Gasteiger partial charge in [0.2, 0.25) is 5.95 Å². The maximum atomic E-state index is 12.9. The molecule has 0 spiro atoms.